The molecule has 2 aromatic carbocycles. The standard InChI is InChI=1S/C19H16Cl2N4O3/c1-10-3-4-11(2)16(7-10)25-18(27)13(17(26)23-19(25)28)9-22-24-15-8-12(20)5-6-14(15)21/h3-9,24,27H,1-2H3,(H,23,26,28). The van der Waals surface area contributed by atoms with E-state index in [1.807, 2.05) is 19.1 Å². The lowest BCUT2D eigenvalue weighted by atomic mass is 10.1. The summed E-state index contributed by atoms with van der Waals surface area (Å²) in [5.74, 6) is -0.523. The minimum Gasteiger partial charge on any atom is -0.493 e. The summed E-state index contributed by atoms with van der Waals surface area (Å²) in [6, 6.07) is 10.2. The number of halogens is 2. The summed E-state index contributed by atoms with van der Waals surface area (Å²) in [6.07, 6.45) is 1.10. The van der Waals surface area contributed by atoms with Gasteiger partial charge in [0.15, 0.2) is 0 Å². The van der Waals surface area contributed by atoms with Crippen LogP contribution in [-0.2, 0) is 0 Å². The first kappa shape index (κ1) is 19.7. The predicted octanol–water partition coefficient (Wildman–Crippen LogP) is 3.60. The van der Waals surface area contributed by atoms with Gasteiger partial charge >= 0.3 is 5.69 Å². The zero-order chi connectivity index (χ0) is 20.4. The third-order valence-electron chi connectivity index (χ3n) is 4.03. The van der Waals surface area contributed by atoms with Gasteiger partial charge in [0.2, 0.25) is 5.88 Å². The molecule has 0 aliphatic rings. The average Bonchev–Trinajstić information content (AvgIpc) is 2.63. The van der Waals surface area contributed by atoms with Crippen LogP contribution in [0.5, 0.6) is 5.88 Å². The Labute approximate surface area is 169 Å². The second-order valence-corrected chi connectivity index (χ2v) is 6.96. The van der Waals surface area contributed by atoms with Gasteiger partial charge in [-0.3, -0.25) is 15.2 Å². The highest BCUT2D eigenvalue weighted by Crippen LogP contribution is 2.25. The molecule has 28 heavy (non-hydrogen) atoms. The van der Waals surface area contributed by atoms with Crippen molar-refractivity contribution in [1.82, 2.24) is 9.55 Å². The lowest BCUT2D eigenvalue weighted by molar-refractivity contribution is 0.430. The highest BCUT2D eigenvalue weighted by Gasteiger charge is 2.16. The number of nitrogens with zero attached hydrogens (tertiary/aromatic N) is 2. The van der Waals surface area contributed by atoms with Crippen molar-refractivity contribution in [2.45, 2.75) is 13.8 Å². The van der Waals surface area contributed by atoms with Crippen LogP contribution < -0.4 is 16.7 Å². The Kier molecular flexibility index (Phi) is 5.58. The molecule has 0 radical (unpaired) electrons. The van der Waals surface area contributed by atoms with E-state index in [-0.39, 0.29) is 5.56 Å². The minimum absolute atomic E-state index is 0.189. The fraction of sp³-hybridized carbons (Fsp3) is 0.105. The van der Waals surface area contributed by atoms with Crippen LogP contribution in [0.2, 0.25) is 10.0 Å². The van der Waals surface area contributed by atoms with Crippen LogP contribution in [0.3, 0.4) is 0 Å². The molecule has 0 aliphatic carbocycles. The minimum atomic E-state index is -0.771. The molecule has 1 heterocycles. The third kappa shape index (κ3) is 3.95. The van der Waals surface area contributed by atoms with E-state index in [0.717, 1.165) is 21.9 Å². The average molecular weight is 419 g/mol. The van der Waals surface area contributed by atoms with Crippen LogP contribution in [0.4, 0.5) is 5.69 Å². The molecule has 7 nitrogen and oxygen atoms in total. The highest BCUT2D eigenvalue weighted by molar-refractivity contribution is 6.35. The second-order valence-electron chi connectivity index (χ2n) is 6.12. The lowest BCUT2D eigenvalue weighted by Crippen LogP contribution is -2.31. The number of hydrogen-bond donors (Lipinski definition) is 3. The number of aromatic amines is 1. The molecule has 0 saturated carbocycles. The molecular weight excluding hydrogens is 403 g/mol. The van der Waals surface area contributed by atoms with Crippen molar-refractivity contribution >= 4 is 35.1 Å². The van der Waals surface area contributed by atoms with E-state index >= 15 is 0 Å². The fourth-order valence-electron chi connectivity index (χ4n) is 2.59. The first-order chi connectivity index (χ1) is 13.3. The maximum absolute atomic E-state index is 12.3. The van der Waals surface area contributed by atoms with Crippen molar-refractivity contribution in [3.63, 3.8) is 0 Å². The molecule has 0 unspecified atom stereocenters. The van der Waals surface area contributed by atoms with E-state index in [1.54, 1.807) is 31.2 Å². The number of hydrazone groups is 1. The van der Waals surface area contributed by atoms with Gasteiger partial charge < -0.3 is 5.11 Å². The van der Waals surface area contributed by atoms with Crippen LogP contribution >= 0.6 is 23.2 Å². The molecule has 0 atom stereocenters. The molecule has 1 aromatic heterocycles. The second kappa shape index (κ2) is 7.92. The smallest absolute Gasteiger partial charge is 0.335 e. The molecule has 3 N–H and O–H groups in total. The van der Waals surface area contributed by atoms with E-state index in [1.165, 1.54) is 0 Å². The number of aromatic nitrogens is 2. The van der Waals surface area contributed by atoms with Gasteiger partial charge in [-0.25, -0.2) is 9.36 Å². The molecule has 0 aliphatic heterocycles. The zero-order valence-corrected chi connectivity index (χ0v) is 16.5. The van der Waals surface area contributed by atoms with Crippen molar-refractivity contribution in [3.05, 3.63) is 84.0 Å². The molecule has 9 heteroatoms. The Morgan fingerprint density at radius 1 is 1.14 bits per heavy atom. The monoisotopic (exact) mass is 418 g/mol. The Hall–Kier alpha value is -3.03. The molecule has 0 amide bonds. The van der Waals surface area contributed by atoms with Crippen molar-refractivity contribution in [2.24, 2.45) is 5.10 Å². The number of hydrogen-bond acceptors (Lipinski definition) is 5. The van der Waals surface area contributed by atoms with E-state index in [0.29, 0.717) is 21.4 Å². The quantitative estimate of drug-likeness (QED) is 0.445. The van der Waals surface area contributed by atoms with Gasteiger partial charge in [-0.05, 0) is 49.2 Å². The summed E-state index contributed by atoms with van der Waals surface area (Å²) >= 11 is 12.0. The maximum Gasteiger partial charge on any atom is 0.335 e. The molecule has 3 aromatic rings. The SMILES string of the molecule is Cc1ccc(C)c(-n2c(O)c(C=NNc3cc(Cl)ccc3Cl)c(=O)[nH]c2=O)c1. The molecular formula is C19H16Cl2N4O3. The molecule has 3 rings (SSSR count). The van der Waals surface area contributed by atoms with Gasteiger partial charge in [0.1, 0.15) is 5.56 Å². The van der Waals surface area contributed by atoms with Crippen molar-refractivity contribution in [3.8, 4) is 11.6 Å². The fourth-order valence-corrected chi connectivity index (χ4v) is 2.92. The van der Waals surface area contributed by atoms with Gasteiger partial charge in [0.25, 0.3) is 5.56 Å². The van der Waals surface area contributed by atoms with Crippen LogP contribution in [0.1, 0.15) is 16.7 Å². The van der Waals surface area contributed by atoms with Gasteiger partial charge in [0.05, 0.1) is 22.6 Å². The number of nitrogens with one attached hydrogen (secondary N) is 2. The number of rotatable bonds is 4. The van der Waals surface area contributed by atoms with Crippen LogP contribution in [-0.4, -0.2) is 20.9 Å². The van der Waals surface area contributed by atoms with E-state index in [2.05, 4.69) is 15.5 Å². The van der Waals surface area contributed by atoms with Crippen LogP contribution in [0, 0.1) is 13.8 Å². The van der Waals surface area contributed by atoms with Crippen molar-refractivity contribution < 1.29 is 5.11 Å². The largest absolute Gasteiger partial charge is 0.493 e. The summed E-state index contributed by atoms with van der Waals surface area (Å²) in [5, 5.41) is 15.3. The summed E-state index contributed by atoms with van der Waals surface area (Å²) in [6.45, 7) is 3.65. The predicted molar refractivity (Wildman–Crippen MR) is 111 cm³/mol. The molecule has 0 bridgehead atoms. The number of aryl methyl sites for hydroxylation is 2. The maximum atomic E-state index is 12.3. The van der Waals surface area contributed by atoms with Crippen LogP contribution in [0.25, 0.3) is 5.69 Å². The van der Waals surface area contributed by atoms with Crippen LogP contribution in [0.15, 0.2) is 51.1 Å². The van der Waals surface area contributed by atoms with Crippen molar-refractivity contribution in [2.75, 3.05) is 5.43 Å². The summed E-state index contributed by atoms with van der Waals surface area (Å²) < 4.78 is 1.03. The molecule has 0 fully saturated rings. The van der Waals surface area contributed by atoms with E-state index < -0.39 is 17.1 Å². The number of H-pyrrole nitrogens is 1. The third-order valence-corrected chi connectivity index (χ3v) is 4.60. The topological polar surface area (TPSA) is 99.5 Å². The molecule has 144 valence electrons. The molecule has 0 saturated heterocycles. The lowest BCUT2D eigenvalue weighted by Gasteiger charge is -2.13. The number of anilines is 1. The Balaban J connectivity index is 2.05. The summed E-state index contributed by atoms with van der Waals surface area (Å²) in [4.78, 5) is 26.7. The first-order valence-electron chi connectivity index (χ1n) is 8.18. The highest BCUT2D eigenvalue weighted by atomic mass is 35.5. The Morgan fingerprint density at radius 2 is 1.89 bits per heavy atom. The van der Waals surface area contributed by atoms with E-state index in [4.69, 9.17) is 23.2 Å². The Morgan fingerprint density at radius 3 is 2.64 bits per heavy atom. The normalized spacial score (nSPS) is 11.1. The van der Waals surface area contributed by atoms with E-state index in [9.17, 15) is 14.7 Å². The summed E-state index contributed by atoms with van der Waals surface area (Å²) in [7, 11) is 0. The molecule has 0 spiro atoms. The van der Waals surface area contributed by atoms with Gasteiger partial charge in [-0.1, -0.05) is 35.3 Å². The summed E-state index contributed by atoms with van der Waals surface area (Å²) in [5.41, 5.74) is 3.47. The Bertz CT molecular complexity index is 1200. The first-order valence-corrected chi connectivity index (χ1v) is 8.93. The number of benzene rings is 2. The van der Waals surface area contributed by atoms with Gasteiger partial charge in [-0.2, -0.15) is 5.10 Å². The van der Waals surface area contributed by atoms with Gasteiger partial charge in [0, 0.05) is 5.02 Å². The zero-order valence-electron chi connectivity index (χ0n) is 15.0. The number of aromatic hydroxyl groups is 1. The van der Waals surface area contributed by atoms with Crippen molar-refractivity contribution in [1.29, 1.82) is 0 Å². The van der Waals surface area contributed by atoms with Gasteiger partial charge in [-0.15, -0.1) is 0 Å².